The number of carbonyl (C=O) groups is 1. The van der Waals surface area contributed by atoms with Gasteiger partial charge in [-0.25, -0.2) is 4.79 Å². The van der Waals surface area contributed by atoms with Gasteiger partial charge in [0.15, 0.2) is 5.82 Å². The Morgan fingerprint density at radius 3 is 2.79 bits per heavy atom. The maximum absolute atomic E-state index is 12.0. The molecule has 0 aliphatic rings. The molecule has 0 bridgehead atoms. The molecular formula is C13H16N4O2. The van der Waals surface area contributed by atoms with E-state index in [0.29, 0.717) is 18.9 Å². The summed E-state index contributed by atoms with van der Waals surface area (Å²) in [7, 11) is 0. The van der Waals surface area contributed by atoms with Gasteiger partial charge in [0.25, 0.3) is 0 Å². The van der Waals surface area contributed by atoms with E-state index in [1.165, 1.54) is 6.26 Å². The Labute approximate surface area is 111 Å². The Morgan fingerprint density at radius 2 is 2.16 bits per heavy atom. The molecule has 100 valence electrons. The first-order chi connectivity index (χ1) is 9.29. The van der Waals surface area contributed by atoms with Crippen LogP contribution < -0.4 is 5.32 Å². The van der Waals surface area contributed by atoms with Crippen molar-refractivity contribution < 1.29 is 9.32 Å². The monoisotopic (exact) mass is 260 g/mol. The zero-order valence-electron chi connectivity index (χ0n) is 10.7. The van der Waals surface area contributed by atoms with Gasteiger partial charge in [-0.3, -0.25) is 10.3 Å². The van der Waals surface area contributed by atoms with Crippen LogP contribution in [-0.4, -0.2) is 34.2 Å². The van der Waals surface area contributed by atoms with E-state index in [2.05, 4.69) is 20.0 Å². The zero-order valence-corrected chi connectivity index (χ0v) is 10.7. The van der Waals surface area contributed by atoms with Crippen LogP contribution in [-0.2, 0) is 6.42 Å². The fraction of sp³-hybridized carbons (Fsp3) is 0.308. The van der Waals surface area contributed by atoms with Gasteiger partial charge in [-0.05, 0) is 31.0 Å². The second-order valence-corrected chi connectivity index (χ2v) is 4.00. The van der Waals surface area contributed by atoms with Crippen molar-refractivity contribution in [2.75, 3.05) is 18.4 Å². The summed E-state index contributed by atoms with van der Waals surface area (Å²) in [4.78, 5) is 17.7. The highest BCUT2D eigenvalue weighted by Gasteiger charge is 2.12. The lowest BCUT2D eigenvalue weighted by Crippen LogP contribution is -2.36. The predicted octanol–water partition coefficient (Wildman–Crippen LogP) is 2.17. The van der Waals surface area contributed by atoms with Crippen molar-refractivity contribution >= 4 is 11.8 Å². The van der Waals surface area contributed by atoms with Gasteiger partial charge in [-0.15, -0.1) is 0 Å². The van der Waals surface area contributed by atoms with Gasteiger partial charge < -0.3 is 9.42 Å². The van der Waals surface area contributed by atoms with Crippen molar-refractivity contribution in [1.82, 2.24) is 15.0 Å². The molecule has 0 unspecified atom stereocenters. The fourth-order valence-corrected chi connectivity index (χ4v) is 1.68. The smallest absolute Gasteiger partial charge is 0.323 e. The van der Waals surface area contributed by atoms with Gasteiger partial charge in [-0.2, -0.15) is 0 Å². The molecule has 19 heavy (non-hydrogen) atoms. The van der Waals surface area contributed by atoms with Crippen LogP contribution in [0.1, 0.15) is 12.5 Å². The van der Waals surface area contributed by atoms with Crippen LogP contribution in [0.4, 0.5) is 10.6 Å². The van der Waals surface area contributed by atoms with Gasteiger partial charge in [0.2, 0.25) is 0 Å². The topological polar surface area (TPSA) is 71.3 Å². The Balaban J connectivity index is 1.87. The lowest BCUT2D eigenvalue weighted by Gasteiger charge is -2.20. The average molecular weight is 260 g/mol. The molecule has 0 spiro atoms. The molecule has 0 saturated carbocycles. The molecule has 0 aliphatic carbocycles. The van der Waals surface area contributed by atoms with E-state index in [-0.39, 0.29) is 6.03 Å². The summed E-state index contributed by atoms with van der Waals surface area (Å²) >= 11 is 0. The second-order valence-electron chi connectivity index (χ2n) is 4.00. The number of carbonyl (C=O) groups excluding carboxylic acids is 1. The van der Waals surface area contributed by atoms with Crippen molar-refractivity contribution in [2.24, 2.45) is 0 Å². The van der Waals surface area contributed by atoms with Crippen LogP contribution >= 0.6 is 0 Å². The molecule has 2 aromatic rings. The highest BCUT2D eigenvalue weighted by molar-refractivity contribution is 5.88. The molecule has 2 amide bonds. The van der Waals surface area contributed by atoms with E-state index in [4.69, 9.17) is 0 Å². The number of likely N-dealkylation sites (N-methyl/N-ethyl adjacent to an activating group) is 1. The summed E-state index contributed by atoms with van der Waals surface area (Å²) < 4.78 is 4.67. The molecule has 2 aromatic heterocycles. The van der Waals surface area contributed by atoms with Crippen LogP contribution in [0.5, 0.6) is 0 Å². The number of amides is 2. The van der Waals surface area contributed by atoms with Crippen molar-refractivity contribution in [3.63, 3.8) is 0 Å². The van der Waals surface area contributed by atoms with E-state index in [9.17, 15) is 4.79 Å². The average Bonchev–Trinajstić information content (AvgIpc) is 2.93. The Hall–Kier alpha value is -2.37. The predicted molar refractivity (Wildman–Crippen MR) is 70.7 cm³/mol. The zero-order chi connectivity index (χ0) is 13.5. The van der Waals surface area contributed by atoms with E-state index < -0.39 is 0 Å². The third-order valence-electron chi connectivity index (χ3n) is 2.76. The van der Waals surface area contributed by atoms with E-state index in [1.54, 1.807) is 23.4 Å². The van der Waals surface area contributed by atoms with Crippen LogP contribution in [0, 0.1) is 0 Å². The Morgan fingerprint density at radius 1 is 1.37 bits per heavy atom. The molecular weight excluding hydrogens is 244 g/mol. The van der Waals surface area contributed by atoms with Crippen molar-refractivity contribution in [3.8, 4) is 0 Å². The quantitative estimate of drug-likeness (QED) is 0.894. The van der Waals surface area contributed by atoms with Crippen molar-refractivity contribution in [2.45, 2.75) is 13.3 Å². The van der Waals surface area contributed by atoms with Crippen LogP contribution in [0.15, 0.2) is 41.4 Å². The van der Waals surface area contributed by atoms with Gasteiger partial charge in [0.05, 0.1) is 0 Å². The van der Waals surface area contributed by atoms with Crippen molar-refractivity contribution in [1.29, 1.82) is 0 Å². The molecule has 0 atom stereocenters. The van der Waals surface area contributed by atoms with E-state index in [1.807, 2.05) is 19.1 Å². The number of anilines is 1. The summed E-state index contributed by atoms with van der Waals surface area (Å²) in [6.45, 7) is 3.22. The molecule has 6 heteroatoms. The van der Waals surface area contributed by atoms with Crippen LogP contribution in [0.25, 0.3) is 0 Å². The van der Waals surface area contributed by atoms with Crippen LogP contribution in [0.2, 0.25) is 0 Å². The van der Waals surface area contributed by atoms with E-state index in [0.717, 1.165) is 12.0 Å². The number of rotatable bonds is 5. The normalized spacial score (nSPS) is 10.2. The minimum absolute atomic E-state index is 0.176. The number of hydrogen-bond donors (Lipinski definition) is 1. The van der Waals surface area contributed by atoms with E-state index >= 15 is 0 Å². The number of nitrogens with zero attached hydrogens (tertiary/aromatic N) is 3. The first kappa shape index (κ1) is 13.1. The number of hydrogen-bond acceptors (Lipinski definition) is 4. The van der Waals surface area contributed by atoms with Gasteiger partial charge in [0.1, 0.15) is 6.26 Å². The van der Waals surface area contributed by atoms with Gasteiger partial charge in [0, 0.05) is 31.5 Å². The maximum atomic E-state index is 12.0. The number of pyridine rings is 1. The summed E-state index contributed by atoms with van der Waals surface area (Å²) in [5.74, 6) is 0.423. The molecule has 0 fully saturated rings. The Kier molecular flexibility index (Phi) is 4.49. The molecule has 0 aliphatic heterocycles. The highest BCUT2D eigenvalue weighted by atomic mass is 16.5. The SMILES string of the molecule is CCN(CCc1ccncc1)C(=O)Nc1ccon1. The molecule has 0 saturated heterocycles. The lowest BCUT2D eigenvalue weighted by atomic mass is 10.2. The lowest BCUT2D eigenvalue weighted by molar-refractivity contribution is 0.215. The molecule has 0 radical (unpaired) electrons. The largest absolute Gasteiger partial charge is 0.363 e. The summed E-state index contributed by atoms with van der Waals surface area (Å²) in [5, 5.41) is 6.33. The summed E-state index contributed by atoms with van der Waals surface area (Å²) in [6.07, 6.45) is 5.72. The molecule has 2 rings (SSSR count). The molecule has 1 N–H and O–H groups in total. The standard InChI is InChI=1S/C13H16N4O2/c1-2-17(9-5-11-3-7-14-8-4-11)13(18)15-12-6-10-19-16-12/h3-4,6-8,10H,2,5,9H2,1H3,(H,15,16,18). The third-order valence-corrected chi connectivity index (χ3v) is 2.76. The fourth-order valence-electron chi connectivity index (χ4n) is 1.68. The van der Waals surface area contributed by atoms with Gasteiger partial charge in [-0.1, -0.05) is 5.16 Å². The minimum atomic E-state index is -0.176. The first-order valence-corrected chi connectivity index (χ1v) is 6.15. The Bertz CT molecular complexity index is 499. The second kappa shape index (κ2) is 6.53. The number of urea groups is 1. The van der Waals surface area contributed by atoms with Crippen molar-refractivity contribution in [3.05, 3.63) is 42.4 Å². The number of aromatic nitrogens is 2. The molecule has 2 heterocycles. The highest BCUT2D eigenvalue weighted by Crippen LogP contribution is 2.05. The first-order valence-electron chi connectivity index (χ1n) is 6.15. The summed E-state index contributed by atoms with van der Waals surface area (Å²) in [6, 6.07) is 5.33. The maximum Gasteiger partial charge on any atom is 0.323 e. The number of nitrogens with one attached hydrogen (secondary N) is 1. The molecule has 6 nitrogen and oxygen atoms in total. The van der Waals surface area contributed by atoms with Gasteiger partial charge >= 0.3 is 6.03 Å². The molecule has 0 aromatic carbocycles. The third kappa shape index (κ3) is 3.80. The van der Waals surface area contributed by atoms with Crippen LogP contribution in [0.3, 0.4) is 0 Å². The summed E-state index contributed by atoms with van der Waals surface area (Å²) in [5.41, 5.74) is 1.16. The minimum Gasteiger partial charge on any atom is -0.363 e.